The van der Waals surface area contributed by atoms with Gasteiger partial charge in [0.15, 0.2) is 4.34 Å². The maximum atomic E-state index is 10.5. The molecule has 0 N–H and O–H groups in total. The number of hydrogen-bond acceptors (Lipinski definition) is 4. The first-order valence-electron chi connectivity index (χ1n) is 4.37. The van der Waals surface area contributed by atoms with Crippen molar-refractivity contribution < 1.29 is 4.79 Å². The maximum Gasteiger partial charge on any atom is 0.151 e. The van der Waals surface area contributed by atoms with Crippen molar-refractivity contribution in [1.29, 1.82) is 0 Å². The van der Waals surface area contributed by atoms with Crippen molar-refractivity contribution in [1.82, 2.24) is 4.98 Å². The van der Waals surface area contributed by atoms with Crippen molar-refractivity contribution in [3.8, 4) is 0 Å². The summed E-state index contributed by atoms with van der Waals surface area (Å²) in [6.45, 7) is 0. The Kier molecular flexibility index (Phi) is 3.99. The van der Waals surface area contributed by atoms with Crippen molar-refractivity contribution in [3.05, 3.63) is 24.3 Å². The minimum atomic E-state index is 0.0691. The molecule has 1 aromatic heterocycles. The zero-order chi connectivity index (χ0) is 10.7. The van der Waals surface area contributed by atoms with Crippen LogP contribution in [-0.2, 0) is 4.79 Å². The van der Waals surface area contributed by atoms with Crippen molar-refractivity contribution in [2.45, 2.75) is 8.26 Å². The van der Waals surface area contributed by atoms with E-state index in [1.807, 2.05) is 18.2 Å². The highest BCUT2D eigenvalue weighted by molar-refractivity contribution is 14.1. The number of hydrogen-bond donors (Lipinski definition) is 0. The summed E-state index contributed by atoms with van der Waals surface area (Å²) in [4.78, 5) is 14.9. The van der Waals surface area contributed by atoms with Crippen LogP contribution in [0.25, 0.3) is 10.2 Å². The molecule has 0 radical (unpaired) electrons. The van der Waals surface area contributed by atoms with Gasteiger partial charge in [0.2, 0.25) is 0 Å². The van der Waals surface area contributed by atoms with E-state index >= 15 is 0 Å². The molecule has 0 aliphatic rings. The standard InChI is InChI=1S/C10H8INOS2/c11-7(5-13)6-14-10-12-8-3-1-2-4-9(8)15-10/h1-5,7H,6H2. The minimum Gasteiger partial charge on any atom is -0.302 e. The molecule has 0 aliphatic heterocycles. The van der Waals surface area contributed by atoms with Gasteiger partial charge in [0.25, 0.3) is 0 Å². The normalized spacial score (nSPS) is 12.9. The summed E-state index contributed by atoms with van der Waals surface area (Å²) in [5, 5.41) is 0. The van der Waals surface area contributed by atoms with E-state index in [9.17, 15) is 4.79 Å². The Morgan fingerprint density at radius 3 is 3.07 bits per heavy atom. The topological polar surface area (TPSA) is 30.0 Å². The van der Waals surface area contributed by atoms with Gasteiger partial charge in [0.1, 0.15) is 6.29 Å². The largest absolute Gasteiger partial charge is 0.302 e. The van der Waals surface area contributed by atoms with Gasteiger partial charge in [-0.15, -0.1) is 11.3 Å². The number of thioether (sulfide) groups is 1. The number of para-hydroxylation sites is 1. The van der Waals surface area contributed by atoms with E-state index in [-0.39, 0.29) is 3.92 Å². The molecule has 1 heterocycles. The molecule has 78 valence electrons. The molecule has 5 heteroatoms. The third kappa shape index (κ3) is 2.92. The van der Waals surface area contributed by atoms with Crippen LogP contribution in [0.1, 0.15) is 0 Å². The Balaban J connectivity index is 2.12. The lowest BCUT2D eigenvalue weighted by Crippen LogP contribution is -2.01. The summed E-state index contributed by atoms with van der Waals surface area (Å²) in [7, 11) is 0. The predicted molar refractivity (Wildman–Crippen MR) is 74.2 cm³/mol. The van der Waals surface area contributed by atoms with Gasteiger partial charge < -0.3 is 4.79 Å². The Labute approximate surface area is 110 Å². The number of aldehydes is 1. The fourth-order valence-corrected chi connectivity index (χ4v) is 3.59. The molecular weight excluding hydrogens is 341 g/mol. The highest BCUT2D eigenvalue weighted by atomic mass is 127. The molecule has 1 unspecified atom stereocenters. The quantitative estimate of drug-likeness (QED) is 0.367. The number of fused-ring (bicyclic) bond motifs is 1. The molecule has 0 saturated heterocycles. The summed E-state index contributed by atoms with van der Waals surface area (Å²) in [5.74, 6) is 0.796. The van der Waals surface area contributed by atoms with Crippen LogP contribution in [0.2, 0.25) is 0 Å². The molecule has 15 heavy (non-hydrogen) atoms. The molecule has 2 rings (SSSR count). The third-order valence-corrected chi connectivity index (χ3v) is 5.42. The van der Waals surface area contributed by atoms with E-state index in [1.165, 1.54) is 4.70 Å². The Morgan fingerprint density at radius 1 is 1.53 bits per heavy atom. The van der Waals surface area contributed by atoms with Gasteiger partial charge in [-0.25, -0.2) is 4.98 Å². The van der Waals surface area contributed by atoms with Crippen molar-refractivity contribution in [2.24, 2.45) is 0 Å². The molecule has 0 amide bonds. The van der Waals surface area contributed by atoms with E-state index in [4.69, 9.17) is 0 Å². The molecule has 2 nitrogen and oxygen atoms in total. The molecular formula is C10H8INOS2. The number of aromatic nitrogens is 1. The number of carbonyl (C=O) groups excluding carboxylic acids is 1. The number of benzene rings is 1. The SMILES string of the molecule is O=CC(I)CSc1nc2ccccc2s1. The second kappa shape index (κ2) is 5.27. The lowest BCUT2D eigenvalue weighted by atomic mass is 10.3. The Morgan fingerprint density at radius 2 is 2.33 bits per heavy atom. The average molecular weight is 349 g/mol. The first kappa shape index (κ1) is 11.3. The van der Waals surface area contributed by atoms with Crippen LogP contribution < -0.4 is 0 Å². The van der Waals surface area contributed by atoms with Gasteiger partial charge >= 0.3 is 0 Å². The number of halogens is 1. The van der Waals surface area contributed by atoms with Gasteiger partial charge in [-0.2, -0.15) is 0 Å². The number of alkyl halides is 1. The smallest absolute Gasteiger partial charge is 0.151 e. The van der Waals surface area contributed by atoms with E-state index in [0.29, 0.717) is 0 Å². The fourth-order valence-electron chi connectivity index (χ4n) is 1.10. The van der Waals surface area contributed by atoms with Gasteiger partial charge in [-0.05, 0) is 12.1 Å². The van der Waals surface area contributed by atoms with Gasteiger partial charge in [-0.3, -0.25) is 0 Å². The second-order valence-corrected chi connectivity index (χ2v) is 6.81. The average Bonchev–Trinajstić information content (AvgIpc) is 2.68. The van der Waals surface area contributed by atoms with Crippen LogP contribution in [0.5, 0.6) is 0 Å². The van der Waals surface area contributed by atoms with Crippen LogP contribution in [0.4, 0.5) is 0 Å². The number of thiazole rings is 1. The monoisotopic (exact) mass is 349 g/mol. The summed E-state index contributed by atoms with van der Waals surface area (Å²) in [6, 6.07) is 8.08. The van der Waals surface area contributed by atoms with E-state index in [2.05, 4.69) is 33.6 Å². The minimum absolute atomic E-state index is 0.0691. The summed E-state index contributed by atoms with van der Waals surface area (Å²) in [5.41, 5.74) is 1.04. The van der Waals surface area contributed by atoms with E-state index in [0.717, 1.165) is 21.9 Å². The van der Waals surface area contributed by atoms with E-state index < -0.39 is 0 Å². The molecule has 1 aromatic carbocycles. The Hall–Kier alpha value is -0.140. The van der Waals surface area contributed by atoms with Crippen molar-refractivity contribution in [3.63, 3.8) is 0 Å². The first-order valence-corrected chi connectivity index (χ1v) is 7.42. The molecule has 0 aliphatic carbocycles. The second-order valence-electron chi connectivity index (χ2n) is 2.91. The maximum absolute atomic E-state index is 10.5. The van der Waals surface area contributed by atoms with Crippen LogP contribution in [-0.4, -0.2) is 20.9 Å². The van der Waals surface area contributed by atoms with E-state index in [1.54, 1.807) is 23.1 Å². The number of nitrogens with zero attached hydrogens (tertiary/aromatic N) is 1. The predicted octanol–water partition coefficient (Wildman–Crippen LogP) is 3.39. The van der Waals surface area contributed by atoms with Gasteiger partial charge in [0.05, 0.1) is 14.1 Å². The summed E-state index contributed by atoms with van der Waals surface area (Å²) >= 11 is 5.47. The number of carbonyl (C=O) groups is 1. The zero-order valence-electron chi connectivity index (χ0n) is 7.72. The molecule has 0 spiro atoms. The zero-order valence-corrected chi connectivity index (χ0v) is 11.5. The lowest BCUT2D eigenvalue weighted by molar-refractivity contribution is -0.106. The summed E-state index contributed by atoms with van der Waals surface area (Å²) in [6.07, 6.45) is 0.973. The molecule has 0 saturated carbocycles. The third-order valence-electron chi connectivity index (χ3n) is 1.79. The molecule has 0 bridgehead atoms. The first-order chi connectivity index (χ1) is 7.29. The summed E-state index contributed by atoms with van der Waals surface area (Å²) < 4.78 is 2.32. The van der Waals surface area contributed by atoms with Crippen molar-refractivity contribution >= 4 is 62.2 Å². The highest BCUT2D eigenvalue weighted by Gasteiger charge is 2.06. The number of rotatable bonds is 4. The van der Waals surface area contributed by atoms with Gasteiger partial charge in [0, 0.05) is 5.75 Å². The Bertz CT molecular complexity index is 438. The molecule has 0 fully saturated rings. The van der Waals surface area contributed by atoms with Crippen LogP contribution in [0.15, 0.2) is 28.6 Å². The molecule has 2 aromatic rings. The highest BCUT2D eigenvalue weighted by Crippen LogP contribution is 2.30. The fraction of sp³-hybridized carbons (Fsp3) is 0.200. The van der Waals surface area contributed by atoms with Crippen LogP contribution in [0.3, 0.4) is 0 Å². The van der Waals surface area contributed by atoms with Crippen molar-refractivity contribution in [2.75, 3.05) is 5.75 Å². The van der Waals surface area contributed by atoms with Crippen LogP contribution >= 0.6 is 45.7 Å². The van der Waals surface area contributed by atoms with Crippen LogP contribution in [0, 0.1) is 0 Å². The van der Waals surface area contributed by atoms with Gasteiger partial charge in [-0.1, -0.05) is 46.5 Å². The molecule has 1 atom stereocenters. The lowest BCUT2D eigenvalue weighted by Gasteiger charge is -1.96.